The maximum Gasteiger partial charge on any atom is 0.231 e. The van der Waals surface area contributed by atoms with Crippen molar-refractivity contribution in [3.05, 3.63) is 5.28 Å². The summed E-state index contributed by atoms with van der Waals surface area (Å²) < 4.78 is 16.3. The lowest BCUT2D eigenvalue weighted by Gasteiger charge is -2.36. The molecular weight excluding hydrogens is 322 g/mol. The summed E-state index contributed by atoms with van der Waals surface area (Å²) in [6.45, 7) is 6.60. The molecule has 2 aliphatic rings. The van der Waals surface area contributed by atoms with E-state index < -0.39 is 0 Å². The van der Waals surface area contributed by atoms with Crippen LogP contribution in [0.5, 0.6) is 0 Å². The highest BCUT2D eigenvalue weighted by atomic mass is 35.5. The molecule has 0 amide bonds. The van der Waals surface area contributed by atoms with Crippen LogP contribution in [0.15, 0.2) is 0 Å². The van der Waals surface area contributed by atoms with E-state index in [1.54, 1.807) is 7.11 Å². The average Bonchev–Trinajstić information content (AvgIpc) is 2.55. The Balaban J connectivity index is 1.87. The largest absolute Gasteiger partial charge is 0.382 e. The molecule has 0 radical (unpaired) electrons. The Hall–Kier alpha value is -1.22. The summed E-state index contributed by atoms with van der Waals surface area (Å²) in [7, 11) is 1.67. The van der Waals surface area contributed by atoms with Crippen LogP contribution in [0.25, 0.3) is 0 Å². The van der Waals surface area contributed by atoms with Crippen LogP contribution >= 0.6 is 11.6 Å². The first-order valence-corrected chi connectivity index (χ1v) is 8.16. The smallest absolute Gasteiger partial charge is 0.231 e. The highest BCUT2D eigenvalue weighted by Gasteiger charge is 2.28. The van der Waals surface area contributed by atoms with Crippen molar-refractivity contribution in [3.8, 4) is 0 Å². The zero-order valence-corrected chi connectivity index (χ0v) is 14.2. The van der Waals surface area contributed by atoms with E-state index in [-0.39, 0.29) is 17.4 Å². The summed E-state index contributed by atoms with van der Waals surface area (Å²) in [5, 5.41) is 0.200. The fourth-order valence-corrected chi connectivity index (χ4v) is 3.01. The van der Waals surface area contributed by atoms with E-state index in [4.69, 9.17) is 25.8 Å². The van der Waals surface area contributed by atoms with Crippen LogP contribution in [0.3, 0.4) is 0 Å². The Labute approximate surface area is 140 Å². The van der Waals surface area contributed by atoms with Gasteiger partial charge in [-0.3, -0.25) is 0 Å². The summed E-state index contributed by atoms with van der Waals surface area (Å²) in [6, 6.07) is 0.275. The lowest BCUT2D eigenvalue weighted by Crippen LogP contribution is -2.49. The molecule has 9 heteroatoms. The van der Waals surface area contributed by atoms with Crippen molar-refractivity contribution in [1.29, 1.82) is 0 Å². The van der Waals surface area contributed by atoms with Crippen LogP contribution in [0, 0.1) is 0 Å². The molecule has 0 bridgehead atoms. The van der Waals surface area contributed by atoms with E-state index in [9.17, 15) is 0 Å². The van der Waals surface area contributed by atoms with Gasteiger partial charge in [-0.2, -0.15) is 15.0 Å². The fraction of sp³-hybridized carbons (Fsp3) is 0.786. The van der Waals surface area contributed by atoms with Crippen LogP contribution in [0.4, 0.5) is 11.9 Å². The van der Waals surface area contributed by atoms with E-state index in [2.05, 4.69) is 31.7 Å². The maximum atomic E-state index is 6.15. The van der Waals surface area contributed by atoms with E-state index in [1.165, 1.54) is 0 Å². The number of nitrogens with zero attached hydrogens (tertiary/aromatic N) is 5. The van der Waals surface area contributed by atoms with Gasteiger partial charge in [0.2, 0.25) is 17.2 Å². The van der Waals surface area contributed by atoms with Gasteiger partial charge >= 0.3 is 0 Å². The number of ether oxygens (including phenoxy) is 3. The first-order chi connectivity index (χ1) is 11.2. The third-order valence-electron chi connectivity index (χ3n) is 4.05. The molecular formula is C14H22ClN5O3. The summed E-state index contributed by atoms with van der Waals surface area (Å²) in [6.07, 6.45) is 0. The minimum Gasteiger partial charge on any atom is -0.382 e. The minimum atomic E-state index is 0.0715. The molecule has 0 aliphatic carbocycles. The monoisotopic (exact) mass is 343 g/mol. The second kappa shape index (κ2) is 7.57. The summed E-state index contributed by atoms with van der Waals surface area (Å²) in [4.78, 5) is 17.4. The van der Waals surface area contributed by atoms with Crippen LogP contribution in [0.2, 0.25) is 5.28 Å². The van der Waals surface area contributed by atoms with Gasteiger partial charge in [0.15, 0.2) is 0 Å². The van der Waals surface area contributed by atoms with Crippen molar-refractivity contribution in [1.82, 2.24) is 15.0 Å². The van der Waals surface area contributed by atoms with Crippen LogP contribution in [0.1, 0.15) is 6.92 Å². The number of anilines is 2. The molecule has 2 fully saturated rings. The Bertz CT molecular complexity index is 533. The van der Waals surface area contributed by atoms with Gasteiger partial charge in [0, 0.05) is 20.2 Å². The van der Waals surface area contributed by atoms with E-state index in [0.717, 1.165) is 6.54 Å². The second-order valence-electron chi connectivity index (χ2n) is 5.70. The Morgan fingerprint density at radius 1 is 1.09 bits per heavy atom. The molecule has 2 aliphatic heterocycles. The lowest BCUT2D eigenvalue weighted by molar-refractivity contribution is 0.0593. The number of aromatic nitrogens is 3. The van der Waals surface area contributed by atoms with E-state index in [0.29, 0.717) is 51.5 Å². The van der Waals surface area contributed by atoms with Crippen LogP contribution < -0.4 is 9.80 Å². The van der Waals surface area contributed by atoms with Gasteiger partial charge in [-0.15, -0.1) is 0 Å². The lowest BCUT2D eigenvalue weighted by atomic mass is 10.2. The first-order valence-electron chi connectivity index (χ1n) is 7.78. The zero-order chi connectivity index (χ0) is 16.2. The van der Waals surface area contributed by atoms with Crippen molar-refractivity contribution in [2.75, 3.05) is 63.0 Å². The predicted molar refractivity (Wildman–Crippen MR) is 86.3 cm³/mol. The number of rotatable bonds is 4. The number of hydrogen-bond donors (Lipinski definition) is 0. The van der Waals surface area contributed by atoms with Gasteiger partial charge in [-0.25, -0.2) is 0 Å². The first kappa shape index (κ1) is 16.6. The van der Waals surface area contributed by atoms with Gasteiger partial charge in [0.25, 0.3) is 0 Å². The van der Waals surface area contributed by atoms with Crippen molar-refractivity contribution in [2.24, 2.45) is 0 Å². The third-order valence-corrected chi connectivity index (χ3v) is 4.22. The van der Waals surface area contributed by atoms with E-state index >= 15 is 0 Å². The third kappa shape index (κ3) is 3.82. The molecule has 1 aromatic heterocycles. The highest BCUT2D eigenvalue weighted by Crippen LogP contribution is 2.22. The molecule has 23 heavy (non-hydrogen) atoms. The number of hydrogen-bond acceptors (Lipinski definition) is 8. The molecule has 0 aromatic carbocycles. The molecule has 1 aromatic rings. The maximum absolute atomic E-state index is 6.15. The quantitative estimate of drug-likeness (QED) is 0.787. The number of morpholine rings is 2. The molecule has 0 N–H and O–H groups in total. The van der Waals surface area contributed by atoms with Crippen molar-refractivity contribution in [3.63, 3.8) is 0 Å². The van der Waals surface area contributed by atoms with Crippen molar-refractivity contribution < 1.29 is 14.2 Å². The van der Waals surface area contributed by atoms with Gasteiger partial charge in [0.05, 0.1) is 45.1 Å². The van der Waals surface area contributed by atoms with Gasteiger partial charge in [-0.1, -0.05) is 0 Å². The molecule has 2 atom stereocenters. The molecule has 0 saturated carbocycles. The molecule has 8 nitrogen and oxygen atoms in total. The highest BCUT2D eigenvalue weighted by molar-refractivity contribution is 6.28. The van der Waals surface area contributed by atoms with Gasteiger partial charge in [-0.05, 0) is 18.5 Å². The van der Waals surface area contributed by atoms with Crippen LogP contribution in [-0.4, -0.2) is 80.3 Å². The standard InChI is InChI=1S/C14H22ClN5O3/c1-10-7-22-5-3-19(10)13-16-12(15)17-14(18-13)20-4-6-23-9-11(20)8-21-2/h10-11H,3-9H2,1-2H3/t10-,11-/m1/s1. The molecule has 3 rings (SSSR count). The second-order valence-corrected chi connectivity index (χ2v) is 6.04. The average molecular weight is 344 g/mol. The SMILES string of the molecule is COC[C@@H]1COCCN1c1nc(Cl)nc(N2CCOC[C@H]2C)n1. The summed E-state index contributed by atoms with van der Waals surface area (Å²) >= 11 is 6.15. The Morgan fingerprint density at radius 3 is 2.43 bits per heavy atom. The van der Waals surface area contributed by atoms with E-state index in [1.807, 2.05) is 0 Å². The fourth-order valence-electron chi connectivity index (χ4n) is 2.86. The predicted octanol–water partition coefficient (Wildman–Crippen LogP) is 0.602. The van der Waals surface area contributed by atoms with Gasteiger partial charge < -0.3 is 24.0 Å². The molecule has 128 valence electrons. The normalized spacial score (nSPS) is 25.7. The molecule has 3 heterocycles. The zero-order valence-electron chi connectivity index (χ0n) is 13.4. The minimum absolute atomic E-state index is 0.0715. The Kier molecular flexibility index (Phi) is 5.47. The topological polar surface area (TPSA) is 72.8 Å². The van der Waals surface area contributed by atoms with Crippen LogP contribution in [-0.2, 0) is 14.2 Å². The summed E-state index contributed by atoms with van der Waals surface area (Å²) in [5.74, 6) is 1.17. The molecule has 0 unspecified atom stereocenters. The van der Waals surface area contributed by atoms with Crippen molar-refractivity contribution >= 4 is 23.5 Å². The number of halogens is 1. The molecule has 0 spiro atoms. The number of methoxy groups -OCH3 is 1. The summed E-state index contributed by atoms with van der Waals surface area (Å²) in [5.41, 5.74) is 0. The Morgan fingerprint density at radius 2 is 1.74 bits per heavy atom. The van der Waals surface area contributed by atoms with Crippen molar-refractivity contribution in [2.45, 2.75) is 19.0 Å². The van der Waals surface area contributed by atoms with Gasteiger partial charge in [0.1, 0.15) is 0 Å². The molecule has 2 saturated heterocycles.